The van der Waals surface area contributed by atoms with Crippen molar-refractivity contribution >= 4 is 17.9 Å². The minimum absolute atomic E-state index is 0.0652. The van der Waals surface area contributed by atoms with E-state index in [0.29, 0.717) is 19.3 Å². The van der Waals surface area contributed by atoms with Crippen molar-refractivity contribution in [2.45, 2.75) is 341 Å². The smallest absolute Gasteiger partial charge is 0.306 e. The van der Waals surface area contributed by atoms with Crippen molar-refractivity contribution in [2.24, 2.45) is 0 Å². The first-order chi connectivity index (χ1) is 32.5. The van der Waals surface area contributed by atoms with Crippen LogP contribution in [-0.4, -0.2) is 37.2 Å². The van der Waals surface area contributed by atoms with Crippen molar-refractivity contribution in [3.63, 3.8) is 0 Å². The van der Waals surface area contributed by atoms with Crippen LogP contribution in [0.4, 0.5) is 0 Å². The third-order valence-corrected chi connectivity index (χ3v) is 13.5. The Morgan fingerprint density at radius 3 is 0.758 bits per heavy atom. The fourth-order valence-electron chi connectivity index (χ4n) is 9.03. The Balaban J connectivity index is 3.71. The van der Waals surface area contributed by atoms with Gasteiger partial charge in [-0.1, -0.05) is 283 Å². The van der Waals surface area contributed by atoms with Gasteiger partial charge in [-0.05, 0) is 44.9 Å². The van der Waals surface area contributed by atoms with Gasteiger partial charge in [0.15, 0.2) is 6.10 Å². The van der Waals surface area contributed by atoms with Gasteiger partial charge in [0.1, 0.15) is 13.2 Å². The lowest BCUT2D eigenvalue weighted by molar-refractivity contribution is -0.167. The van der Waals surface area contributed by atoms with Gasteiger partial charge in [-0.25, -0.2) is 0 Å². The Bertz CT molecular complexity index is 1020. The average Bonchev–Trinajstić information content (AvgIpc) is 3.31. The summed E-state index contributed by atoms with van der Waals surface area (Å²) in [7, 11) is 0. The molecular formula is C60H114O6. The molecule has 0 N–H and O–H groups in total. The highest BCUT2D eigenvalue weighted by Gasteiger charge is 2.19. The number of unbranched alkanes of at least 4 members (excludes halogenated alkanes) is 42. The maximum absolute atomic E-state index is 12.6. The molecule has 1 atom stereocenters. The van der Waals surface area contributed by atoms with Crippen LogP contribution < -0.4 is 0 Å². The van der Waals surface area contributed by atoms with E-state index in [2.05, 4.69) is 32.9 Å². The Kier molecular flexibility index (Phi) is 54.2. The number of hydrogen-bond acceptors (Lipinski definition) is 6. The predicted octanol–water partition coefficient (Wildman–Crippen LogP) is 19.7. The van der Waals surface area contributed by atoms with Crippen LogP contribution in [0.25, 0.3) is 0 Å². The molecule has 0 fully saturated rings. The molecule has 0 aromatic carbocycles. The van der Waals surface area contributed by atoms with Gasteiger partial charge in [-0.3, -0.25) is 14.4 Å². The van der Waals surface area contributed by atoms with Gasteiger partial charge in [0.05, 0.1) is 0 Å². The summed E-state index contributed by atoms with van der Waals surface area (Å²) in [5.41, 5.74) is 0. The van der Waals surface area contributed by atoms with E-state index in [1.807, 2.05) is 0 Å². The maximum Gasteiger partial charge on any atom is 0.306 e. The molecule has 0 bridgehead atoms. The first-order valence-electron chi connectivity index (χ1n) is 29.7. The molecule has 0 saturated carbocycles. The fourth-order valence-corrected chi connectivity index (χ4v) is 9.03. The summed E-state index contributed by atoms with van der Waals surface area (Å²) in [6.07, 6.45) is 64.5. The second kappa shape index (κ2) is 55.7. The minimum Gasteiger partial charge on any atom is -0.462 e. The van der Waals surface area contributed by atoms with E-state index in [1.165, 1.54) is 231 Å². The lowest BCUT2D eigenvalue weighted by Gasteiger charge is -2.18. The molecule has 0 aliphatic carbocycles. The molecule has 0 aromatic rings. The molecule has 390 valence electrons. The quantitative estimate of drug-likeness (QED) is 0.0262. The summed E-state index contributed by atoms with van der Waals surface area (Å²) in [4.78, 5) is 37.5. The van der Waals surface area contributed by atoms with Gasteiger partial charge >= 0.3 is 17.9 Å². The number of esters is 3. The van der Waals surface area contributed by atoms with Gasteiger partial charge in [-0.2, -0.15) is 0 Å². The van der Waals surface area contributed by atoms with Crippen molar-refractivity contribution in [3.8, 4) is 0 Å². The molecular weight excluding hydrogens is 817 g/mol. The van der Waals surface area contributed by atoms with Crippen molar-refractivity contribution in [2.75, 3.05) is 13.2 Å². The summed E-state index contributed by atoms with van der Waals surface area (Å²) in [6, 6.07) is 0. The van der Waals surface area contributed by atoms with Gasteiger partial charge in [0, 0.05) is 19.3 Å². The van der Waals surface area contributed by atoms with Crippen molar-refractivity contribution < 1.29 is 28.6 Å². The molecule has 0 amide bonds. The van der Waals surface area contributed by atoms with E-state index in [4.69, 9.17) is 14.2 Å². The van der Waals surface area contributed by atoms with E-state index < -0.39 is 6.10 Å². The summed E-state index contributed by atoms with van der Waals surface area (Å²) in [6.45, 7) is 6.56. The zero-order chi connectivity index (χ0) is 47.9. The zero-order valence-corrected chi connectivity index (χ0v) is 44.7. The van der Waals surface area contributed by atoms with E-state index in [1.54, 1.807) is 0 Å². The van der Waals surface area contributed by atoms with Crippen molar-refractivity contribution in [3.05, 3.63) is 12.2 Å². The van der Waals surface area contributed by atoms with Crippen LogP contribution in [0.5, 0.6) is 0 Å². The van der Waals surface area contributed by atoms with E-state index in [9.17, 15) is 14.4 Å². The third kappa shape index (κ3) is 53.1. The Hall–Kier alpha value is -1.85. The van der Waals surface area contributed by atoms with E-state index >= 15 is 0 Å². The number of ether oxygens (including phenoxy) is 3. The second-order valence-corrected chi connectivity index (χ2v) is 20.3. The lowest BCUT2D eigenvalue weighted by atomic mass is 10.0. The highest BCUT2D eigenvalue weighted by molar-refractivity contribution is 5.71. The van der Waals surface area contributed by atoms with Gasteiger partial charge < -0.3 is 14.2 Å². The number of hydrogen-bond donors (Lipinski definition) is 0. The molecule has 0 radical (unpaired) electrons. The van der Waals surface area contributed by atoms with Crippen LogP contribution in [-0.2, 0) is 28.6 Å². The Morgan fingerprint density at radius 2 is 0.500 bits per heavy atom. The number of rotatable bonds is 55. The highest BCUT2D eigenvalue weighted by Crippen LogP contribution is 2.18. The van der Waals surface area contributed by atoms with E-state index in [-0.39, 0.29) is 31.1 Å². The number of carbonyl (C=O) groups is 3. The molecule has 0 rings (SSSR count). The second-order valence-electron chi connectivity index (χ2n) is 20.3. The Labute approximate surface area is 411 Å². The molecule has 6 heteroatoms. The van der Waals surface area contributed by atoms with Crippen molar-refractivity contribution in [1.82, 2.24) is 0 Å². The SMILES string of the molecule is CCCCCCCCCC/C=C\CCCCCCCCCCCCCCCCCCCCCCCCCC(=O)OCC(COC(=O)CCCCCCC)OC(=O)CCCCCCCCCC. The molecule has 66 heavy (non-hydrogen) atoms. The molecule has 1 unspecified atom stereocenters. The molecule has 0 aromatic heterocycles. The standard InChI is InChI=1S/C60H114O6/c1-4-7-10-13-15-17-18-19-20-21-22-23-24-25-26-27-28-29-30-31-32-33-34-35-36-37-38-39-40-41-42-43-45-47-50-53-59(62)65-56-57(55-64-58(61)52-49-46-12-9-6-3)66-60(63)54-51-48-44-16-14-11-8-5-2/h21-22,57H,4-20,23-56H2,1-3H3/b22-21-. The first-order valence-corrected chi connectivity index (χ1v) is 29.7. The van der Waals surface area contributed by atoms with Gasteiger partial charge in [0.25, 0.3) is 0 Å². The first kappa shape index (κ1) is 64.2. The monoisotopic (exact) mass is 931 g/mol. The summed E-state index contributed by atoms with van der Waals surface area (Å²) in [5, 5.41) is 0. The molecule has 0 saturated heterocycles. The molecule has 6 nitrogen and oxygen atoms in total. The predicted molar refractivity (Wildman–Crippen MR) is 284 cm³/mol. The van der Waals surface area contributed by atoms with Gasteiger partial charge in [-0.15, -0.1) is 0 Å². The molecule has 0 spiro atoms. The normalized spacial score (nSPS) is 12.0. The molecule has 0 aliphatic rings. The lowest BCUT2D eigenvalue weighted by Crippen LogP contribution is -2.30. The van der Waals surface area contributed by atoms with Crippen LogP contribution >= 0.6 is 0 Å². The van der Waals surface area contributed by atoms with Crippen LogP contribution in [0, 0.1) is 0 Å². The average molecular weight is 932 g/mol. The summed E-state index contributed by atoms with van der Waals surface area (Å²) < 4.78 is 16.6. The van der Waals surface area contributed by atoms with Crippen LogP contribution in [0.2, 0.25) is 0 Å². The summed E-state index contributed by atoms with van der Waals surface area (Å²) in [5.74, 6) is -0.869. The zero-order valence-electron chi connectivity index (χ0n) is 44.7. The van der Waals surface area contributed by atoms with Crippen molar-refractivity contribution in [1.29, 1.82) is 0 Å². The topological polar surface area (TPSA) is 78.9 Å². The number of carbonyl (C=O) groups excluding carboxylic acids is 3. The highest BCUT2D eigenvalue weighted by atomic mass is 16.6. The maximum atomic E-state index is 12.6. The number of allylic oxidation sites excluding steroid dienone is 2. The van der Waals surface area contributed by atoms with Crippen LogP contribution in [0.1, 0.15) is 335 Å². The molecule has 0 aliphatic heterocycles. The fraction of sp³-hybridized carbons (Fsp3) is 0.917. The van der Waals surface area contributed by atoms with Crippen LogP contribution in [0.3, 0.4) is 0 Å². The van der Waals surface area contributed by atoms with Gasteiger partial charge in [0.2, 0.25) is 0 Å². The van der Waals surface area contributed by atoms with Crippen LogP contribution in [0.15, 0.2) is 12.2 Å². The summed E-state index contributed by atoms with van der Waals surface area (Å²) >= 11 is 0. The Morgan fingerprint density at radius 1 is 0.288 bits per heavy atom. The van der Waals surface area contributed by atoms with E-state index in [0.717, 1.165) is 64.2 Å². The largest absolute Gasteiger partial charge is 0.462 e. The third-order valence-electron chi connectivity index (χ3n) is 13.5. The minimum atomic E-state index is -0.758. The molecule has 0 heterocycles.